The summed E-state index contributed by atoms with van der Waals surface area (Å²) in [5, 5.41) is 0. The molecule has 3 rings (SSSR count). The largest absolute Gasteiger partial charge is 0.319 e. The van der Waals surface area contributed by atoms with Crippen LogP contribution in [-0.2, 0) is 22.2 Å². The van der Waals surface area contributed by atoms with Gasteiger partial charge in [0.25, 0.3) is 0 Å². The van der Waals surface area contributed by atoms with Crippen LogP contribution in [0.15, 0.2) is 60.7 Å². The van der Waals surface area contributed by atoms with E-state index in [2.05, 4.69) is 37.6 Å². The van der Waals surface area contributed by atoms with Crippen LogP contribution in [0, 0.1) is 12.3 Å². The van der Waals surface area contributed by atoms with Gasteiger partial charge in [0.05, 0.1) is 0 Å². The molecule has 1 fully saturated rings. The number of hydrogen-bond acceptors (Lipinski definition) is 1. The van der Waals surface area contributed by atoms with E-state index in [1.807, 2.05) is 36.4 Å². The molecule has 0 N–H and O–H groups in total. The molecule has 0 spiro atoms. The summed E-state index contributed by atoms with van der Waals surface area (Å²) in [7, 11) is 0. The van der Waals surface area contributed by atoms with Gasteiger partial charge in [-0.15, -0.1) is 0 Å². The summed E-state index contributed by atoms with van der Waals surface area (Å²) >= 11 is 0. The molecular formula is C19H25CoOP2-. The predicted octanol–water partition coefficient (Wildman–Crippen LogP) is 4.56. The molecule has 1 nitrogen and oxygen atoms in total. The number of benzene rings is 2. The molecule has 0 aliphatic heterocycles. The molecule has 2 aromatic carbocycles. The van der Waals surface area contributed by atoms with Crippen molar-refractivity contribution < 1.29 is 21.6 Å². The second-order valence-corrected chi connectivity index (χ2v) is 5.75. The first-order valence-electron chi connectivity index (χ1n) is 7.20. The Morgan fingerprint density at radius 3 is 2.09 bits per heavy atom. The average molecular weight is 390 g/mol. The molecule has 1 aliphatic rings. The van der Waals surface area contributed by atoms with Crippen LogP contribution >= 0.6 is 19.8 Å². The Hall–Kier alpha value is -0.524. The first kappa shape index (κ1) is 22.5. The number of carbonyl (C=O) groups excluding carboxylic acids is 1. The smallest absolute Gasteiger partial charge is 0.162 e. The van der Waals surface area contributed by atoms with Crippen molar-refractivity contribution in [2.24, 2.45) is 5.92 Å². The fraction of sp³-hybridized carbons (Fsp3) is 0.263. The van der Waals surface area contributed by atoms with Gasteiger partial charge in [0.1, 0.15) is 0 Å². The van der Waals surface area contributed by atoms with Crippen LogP contribution in [-0.4, -0.2) is 5.78 Å². The van der Waals surface area contributed by atoms with E-state index in [4.69, 9.17) is 0 Å². The monoisotopic (exact) mass is 390 g/mol. The van der Waals surface area contributed by atoms with E-state index in [-0.39, 0.29) is 47.8 Å². The summed E-state index contributed by atoms with van der Waals surface area (Å²) in [5.41, 5.74) is 2.35. The number of rotatable bonds is 5. The van der Waals surface area contributed by atoms with Gasteiger partial charge < -0.3 is 6.42 Å². The molecule has 0 heterocycles. The second kappa shape index (κ2) is 9.69. The minimum absolute atomic E-state index is 0. The van der Waals surface area contributed by atoms with Crippen molar-refractivity contribution in [3.63, 3.8) is 0 Å². The van der Waals surface area contributed by atoms with Gasteiger partial charge in [-0.25, -0.2) is 0 Å². The van der Waals surface area contributed by atoms with E-state index in [0.717, 1.165) is 12.0 Å². The maximum absolute atomic E-state index is 12.1. The van der Waals surface area contributed by atoms with Crippen molar-refractivity contribution in [3.8, 4) is 0 Å². The van der Waals surface area contributed by atoms with E-state index in [1.54, 1.807) is 0 Å². The number of carbonyl (C=O) groups is 1. The van der Waals surface area contributed by atoms with Crippen molar-refractivity contribution in [2.75, 3.05) is 0 Å². The van der Waals surface area contributed by atoms with Gasteiger partial charge in [0.2, 0.25) is 0 Å². The number of hydrogen-bond donors (Lipinski definition) is 0. The molecular weight excluding hydrogens is 365 g/mol. The fourth-order valence-corrected chi connectivity index (χ4v) is 2.92. The van der Waals surface area contributed by atoms with Gasteiger partial charge in [-0.1, -0.05) is 79.6 Å². The fourth-order valence-electron chi connectivity index (χ4n) is 2.92. The predicted molar refractivity (Wildman–Crippen MR) is 104 cm³/mol. The van der Waals surface area contributed by atoms with E-state index < -0.39 is 0 Å². The van der Waals surface area contributed by atoms with Crippen molar-refractivity contribution in [1.29, 1.82) is 0 Å². The third-order valence-electron chi connectivity index (χ3n) is 4.38. The summed E-state index contributed by atoms with van der Waals surface area (Å²) in [6.07, 6.45) is 3.94. The molecule has 0 aromatic heterocycles. The molecule has 0 bridgehead atoms. The Morgan fingerprint density at radius 2 is 1.52 bits per heavy atom. The molecule has 1 radical (unpaired) electrons. The molecule has 2 aromatic rings. The summed E-state index contributed by atoms with van der Waals surface area (Å²) < 4.78 is 0. The van der Waals surface area contributed by atoms with Gasteiger partial charge in [-0.2, -0.15) is 31.1 Å². The van der Waals surface area contributed by atoms with Crippen LogP contribution in [0.25, 0.3) is 0 Å². The Balaban J connectivity index is 0.00000161. The van der Waals surface area contributed by atoms with Crippen molar-refractivity contribution in [1.82, 2.24) is 0 Å². The average Bonchev–Trinajstić information content (AvgIpc) is 3.19. The summed E-state index contributed by atoms with van der Waals surface area (Å²) in [6, 6.07) is 20.1. The van der Waals surface area contributed by atoms with Crippen molar-refractivity contribution >= 4 is 25.6 Å². The van der Waals surface area contributed by atoms with Crippen LogP contribution in [0.3, 0.4) is 0 Å². The van der Waals surface area contributed by atoms with Gasteiger partial charge in [0.15, 0.2) is 5.78 Å². The molecule has 2 unspecified atom stereocenters. The van der Waals surface area contributed by atoms with Gasteiger partial charge >= 0.3 is 0 Å². The number of ketones is 1. The Morgan fingerprint density at radius 1 is 1.00 bits per heavy atom. The molecule has 127 valence electrons. The maximum atomic E-state index is 12.1. The quantitative estimate of drug-likeness (QED) is 0.416. The second-order valence-electron chi connectivity index (χ2n) is 5.75. The van der Waals surface area contributed by atoms with Crippen LogP contribution in [0.5, 0.6) is 0 Å². The minimum Gasteiger partial charge on any atom is -0.319 e. The standard InChI is InChI=1S/C19H19O.Co.2H3P/c1-19(16-10-6-3-7-11-16)14-17(19)12-13-18(20)15-8-4-2-5-9-15;;;/h2-11,14,17H,12-13H2,1H3;;2*1H3/q-1;;;/t17-,19+;;;/m1.../s1. The zero-order valence-corrected chi connectivity index (χ0v) is 17.4. The molecule has 23 heavy (non-hydrogen) atoms. The molecule has 1 saturated carbocycles. The van der Waals surface area contributed by atoms with Gasteiger partial charge in [-0.05, 0) is 0 Å². The summed E-state index contributed by atoms with van der Waals surface area (Å²) in [6.45, 7) is 2.26. The molecule has 4 atom stereocenters. The van der Waals surface area contributed by atoms with Crippen LogP contribution in [0.1, 0.15) is 35.7 Å². The zero-order chi connectivity index (χ0) is 14.0. The third-order valence-corrected chi connectivity index (χ3v) is 4.38. The SMILES string of the molecule is C[C@@]1(c2ccccc2)[CH-][C@H]1CCC(=O)c1ccccc1.P.P.[Co]. The summed E-state index contributed by atoms with van der Waals surface area (Å²) in [5.74, 6) is 0.777. The van der Waals surface area contributed by atoms with Crippen LogP contribution in [0.2, 0.25) is 0 Å². The Kier molecular flexibility index (Phi) is 9.47. The van der Waals surface area contributed by atoms with E-state index in [1.165, 1.54) is 5.56 Å². The third kappa shape index (κ3) is 5.23. The maximum Gasteiger partial charge on any atom is 0.162 e. The van der Waals surface area contributed by atoms with Crippen molar-refractivity contribution in [2.45, 2.75) is 25.2 Å². The van der Waals surface area contributed by atoms with E-state index in [9.17, 15) is 4.79 Å². The first-order chi connectivity index (χ1) is 9.70. The molecule has 4 heteroatoms. The van der Waals surface area contributed by atoms with Crippen LogP contribution in [0.4, 0.5) is 0 Å². The van der Waals surface area contributed by atoms with E-state index in [0.29, 0.717) is 12.3 Å². The van der Waals surface area contributed by atoms with Gasteiger partial charge in [0, 0.05) is 28.8 Å². The normalized spacial score (nSPS) is 21.2. The Labute approximate surface area is 156 Å². The summed E-state index contributed by atoms with van der Waals surface area (Å²) in [4.78, 5) is 12.1. The molecule has 0 amide bonds. The molecule has 0 saturated heterocycles. The Bertz CT molecular complexity index is 603. The van der Waals surface area contributed by atoms with Crippen LogP contribution < -0.4 is 0 Å². The van der Waals surface area contributed by atoms with Gasteiger partial charge in [-0.3, -0.25) is 4.79 Å². The topological polar surface area (TPSA) is 17.1 Å². The first-order valence-corrected chi connectivity index (χ1v) is 7.20. The molecule has 1 aliphatic carbocycles. The zero-order valence-electron chi connectivity index (χ0n) is 13.5. The number of Topliss-reactive ketones (excluding diaryl/α,β-unsaturated/α-hetero) is 1. The minimum atomic E-state index is 0. The van der Waals surface area contributed by atoms with Crippen molar-refractivity contribution in [3.05, 3.63) is 78.2 Å². The van der Waals surface area contributed by atoms with E-state index >= 15 is 0 Å².